The molecule has 2 aliphatic rings. The number of aromatic nitrogens is 1. The maximum Gasteiger partial charge on any atom is 0.407 e. The summed E-state index contributed by atoms with van der Waals surface area (Å²) in [7, 11) is 0. The molecule has 0 saturated carbocycles. The lowest BCUT2D eigenvalue weighted by molar-refractivity contribution is 0.142. The van der Waals surface area contributed by atoms with E-state index in [1.165, 1.54) is 27.2 Å². The Labute approximate surface area is 140 Å². The summed E-state index contributed by atoms with van der Waals surface area (Å²) in [6, 6.07) is 8.45. The smallest absolute Gasteiger partial charge is 0.407 e. The van der Waals surface area contributed by atoms with Crippen molar-refractivity contribution < 1.29 is 14.3 Å². The van der Waals surface area contributed by atoms with Crippen molar-refractivity contribution in [3.05, 3.63) is 58.3 Å². The molecule has 24 heavy (non-hydrogen) atoms. The molecule has 0 atom stereocenters. The van der Waals surface area contributed by atoms with Crippen molar-refractivity contribution >= 4 is 11.7 Å². The number of fused-ring (bicyclic) bond motifs is 2. The average Bonchev–Trinajstić information content (AvgIpc) is 2.88. The van der Waals surface area contributed by atoms with Gasteiger partial charge in [-0.1, -0.05) is 29.8 Å². The van der Waals surface area contributed by atoms with Crippen LogP contribution >= 0.6 is 0 Å². The monoisotopic (exact) mass is 324 g/mol. The molecule has 0 spiro atoms. The molecule has 5 nitrogen and oxygen atoms in total. The molecule has 0 bridgehead atoms. The van der Waals surface area contributed by atoms with Crippen molar-refractivity contribution in [1.82, 2.24) is 9.88 Å². The lowest BCUT2D eigenvalue weighted by Gasteiger charge is -2.27. The van der Waals surface area contributed by atoms with Crippen molar-refractivity contribution in [3.63, 3.8) is 0 Å². The third kappa shape index (κ3) is 2.50. The SMILES string of the molecule is Cc1nc2c(o1)CCc1ccccc1C2=C1CCN(C(=O)O)CC1. The van der Waals surface area contributed by atoms with Gasteiger partial charge in [0.2, 0.25) is 0 Å². The molecule has 0 unspecified atom stereocenters. The largest absolute Gasteiger partial charge is 0.465 e. The average molecular weight is 324 g/mol. The number of carbonyl (C=O) groups is 1. The lowest BCUT2D eigenvalue weighted by Crippen LogP contribution is -2.35. The number of aryl methyl sites for hydroxylation is 3. The molecule has 4 rings (SSSR count). The van der Waals surface area contributed by atoms with Gasteiger partial charge in [0, 0.05) is 32.0 Å². The molecule has 1 N–H and O–H groups in total. The summed E-state index contributed by atoms with van der Waals surface area (Å²) in [5.74, 6) is 1.65. The zero-order valence-electron chi connectivity index (χ0n) is 13.7. The van der Waals surface area contributed by atoms with Gasteiger partial charge in [0.15, 0.2) is 5.89 Å². The maximum atomic E-state index is 11.2. The van der Waals surface area contributed by atoms with Crippen LogP contribution in [0.1, 0.15) is 41.3 Å². The summed E-state index contributed by atoms with van der Waals surface area (Å²) in [6.45, 7) is 2.97. The number of piperidine rings is 1. The van der Waals surface area contributed by atoms with Gasteiger partial charge >= 0.3 is 6.09 Å². The molecule has 1 aromatic carbocycles. The van der Waals surface area contributed by atoms with Crippen LogP contribution in [0.3, 0.4) is 0 Å². The fourth-order valence-electron chi connectivity index (χ4n) is 3.77. The summed E-state index contributed by atoms with van der Waals surface area (Å²) in [5.41, 5.74) is 5.95. The van der Waals surface area contributed by atoms with Crippen LogP contribution in [-0.4, -0.2) is 34.2 Å². The third-order valence-electron chi connectivity index (χ3n) is 4.94. The highest BCUT2D eigenvalue weighted by Gasteiger charge is 2.28. The number of rotatable bonds is 0. The number of benzene rings is 1. The number of likely N-dealkylation sites (tertiary alicyclic amines) is 1. The fourth-order valence-corrected chi connectivity index (χ4v) is 3.77. The maximum absolute atomic E-state index is 11.2. The lowest BCUT2D eigenvalue weighted by atomic mass is 9.89. The third-order valence-corrected chi connectivity index (χ3v) is 4.94. The van der Waals surface area contributed by atoms with Crippen LogP contribution in [0.25, 0.3) is 5.57 Å². The van der Waals surface area contributed by atoms with E-state index in [1.54, 1.807) is 0 Å². The summed E-state index contributed by atoms with van der Waals surface area (Å²) >= 11 is 0. The summed E-state index contributed by atoms with van der Waals surface area (Å²) in [6.07, 6.45) is 2.46. The molecule has 5 heteroatoms. The minimum atomic E-state index is -0.835. The highest BCUT2D eigenvalue weighted by molar-refractivity contribution is 5.84. The van der Waals surface area contributed by atoms with Crippen LogP contribution in [0.15, 0.2) is 34.3 Å². The van der Waals surface area contributed by atoms with Gasteiger partial charge in [-0.2, -0.15) is 0 Å². The number of hydrogen-bond acceptors (Lipinski definition) is 3. The highest BCUT2D eigenvalue weighted by atomic mass is 16.4. The Morgan fingerprint density at radius 2 is 1.92 bits per heavy atom. The highest BCUT2D eigenvalue weighted by Crippen LogP contribution is 2.38. The van der Waals surface area contributed by atoms with E-state index >= 15 is 0 Å². The van der Waals surface area contributed by atoms with E-state index in [0.29, 0.717) is 19.0 Å². The van der Waals surface area contributed by atoms with Crippen LogP contribution in [0.4, 0.5) is 4.79 Å². The minimum absolute atomic E-state index is 0.544. The molecule has 124 valence electrons. The zero-order chi connectivity index (χ0) is 16.7. The number of nitrogens with zero attached hydrogens (tertiary/aromatic N) is 2. The van der Waals surface area contributed by atoms with Gasteiger partial charge in [0.05, 0.1) is 0 Å². The number of hydrogen-bond donors (Lipinski definition) is 1. The first-order valence-corrected chi connectivity index (χ1v) is 8.38. The van der Waals surface area contributed by atoms with Crippen molar-refractivity contribution in [3.8, 4) is 0 Å². The van der Waals surface area contributed by atoms with Crippen LogP contribution in [0.5, 0.6) is 0 Å². The Hall–Kier alpha value is -2.56. The summed E-state index contributed by atoms with van der Waals surface area (Å²) in [4.78, 5) is 17.3. The van der Waals surface area contributed by atoms with Crippen LogP contribution < -0.4 is 0 Å². The van der Waals surface area contributed by atoms with E-state index in [2.05, 4.69) is 29.2 Å². The van der Waals surface area contributed by atoms with Crippen molar-refractivity contribution in [2.45, 2.75) is 32.6 Å². The molecule has 1 aromatic heterocycles. The van der Waals surface area contributed by atoms with Gasteiger partial charge in [-0.25, -0.2) is 9.78 Å². The molecule has 2 heterocycles. The van der Waals surface area contributed by atoms with Crippen molar-refractivity contribution in [2.75, 3.05) is 13.1 Å². The van der Waals surface area contributed by atoms with E-state index in [-0.39, 0.29) is 0 Å². The molecule has 0 radical (unpaired) electrons. The van der Waals surface area contributed by atoms with E-state index in [0.717, 1.165) is 37.1 Å². The molecule has 2 aromatic rings. The van der Waals surface area contributed by atoms with Gasteiger partial charge < -0.3 is 14.4 Å². The molecular formula is C19H20N2O3. The van der Waals surface area contributed by atoms with E-state index in [9.17, 15) is 9.90 Å². The molecule has 1 aliphatic heterocycles. The topological polar surface area (TPSA) is 66.6 Å². The second kappa shape index (κ2) is 5.82. The number of amides is 1. The predicted molar refractivity (Wildman–Crippen MR) is 89.9 cm³/mol. The Morgan fingerprint density at radius 1 is 1.17 bits per heavy atom. The number of oxazole rings is 1. The molecule has 1 aliphatic carbocycles. The Morgan fingerprint density at radius 3 is 2.67 bits per heavy atom. The van der Waals surface area contributed by atoms with E-state index in [4.69, 9.17) is 4.42 Å². The first-order valence-electron chi connectivity index (χ1n) is 8.38. The van der Waals surface area contributed by atoms with Gasteiger partial charge in [0.25, 0.3) is 0 Å². The zero-order valence-corrected chi connectivity index (χ0v) is 13.7. The second-order valence-corrected chi connectivity index (χ2v) is 6.41. The van der Waals surface area contributed by atoms with Gasteiger partial charge in [-0.15, -0.1) is 0 Å². The van der Waals surface area contributed by atoms with Gasteiger partial charge in [0.1, 0.15) is 11.5 Å². The van der Waals surface area contributed by atoms with Crippen molar-refractivity contribution in [2.24, 2.45) is 0 Å². The van der Waals surface area contributed by atoms with Crippen LogP contribution in [0.2, 0.25) is 0 Å². The van der Waals surface area contributed by atoms with Crippen LogP contribution in [0, 0.1) is 6.92 Å². The van der Waals surface area contributed by atoms with E-state index in [1.807, 2.05) is 6.92 Å². The quantitative estimate of drug-likeness (QED) is 0.803. The normalized spacial score (nSPS) is 17.3. The van der Waals surface area contributed by atoms with Crippen molar-refractivity contribution in [1.29, 1.82) is 0 Å². The molecular weight excluding hydrogens is 304 g/mol. The minimum Gasteiger partial charge on any atom is -0.465 e. The Bertz CT molecular complexity index is 825. The molecule has 1 fully saturated rings. The standard InChI is InChI=1S/C19H20N2O3/c1-12-20-18-16(24-12)7-6-13-4-2-3-5-15(13)17(18)14-8-10-21(11-9-14)19(22)23/h2-5H,6-11H2,1H3,(H,22,23). The fraction of sp³-hybridized carbons (Fsp3) is 0.368. The summed E-state index contributed by atoms with van der Waals surface area (Å²) in [5, 5.41) is 9.18. The summed E-state index contributed by atoms with van der Waals surface area (Å²) < 4.78 is 5.85. The van der Waals surface area contributed by atoms with Crippen LogP contribution in [-0.2, 0) is 12.8 Å². The first kappa shape index (κ1) is 15.0. The predicted octanol–water partition coefficient (Wildman–Crippen LogP) is 3.66. The molecule has 1 saturated heterocycles. The molecule has 1 amide bonds. The second-order valence-electron chi connectivity index (χ2n) is 6.41. The first-order chi connectivity index (χ1) is 11.6. The Kier molecular flexibility index (Phi) is 3.63. The van der Waals surface area contributed by atoms with Gasteiger partial charge in [-0.3, -0.25) is 0 Å². The number of carboxylic acid groups (broad SMARTS) is 1. The van der Waals surface area contributed by atoms with E-state index < -0.39 is 6.09 Å². The Balaban J connectivity index is 1.84. The van der Waals surface area contributed by atoms with Gasteiger partial charge in [-0.05, 0) is 30.4 Å².